The van der Waals surface area contributed by atoms with Gasteiger partial charge < -0.3 is 4.90 Å². The maximum Gasteiger partial charge on any atom is 0.269 e. The molecule has 0 aliphatic carbocycles. The van der Waals surface area contributed by atoms with E-state index >= 15 is 0 Å². The second kappa shape index (κ2) is 10.3. The molecule has 0 bridgehead atoms. The largest absolute Gasteiger partial charge is 0.369 e. The van der Waals surface area contributed by atoms with E-state index in [0.717, 1.165) is 43.3 Å². The third kappa shape index (κ3) is 5.78. The molecule has 8 nitrogen and oxygen atoms in total. The van der Waals surface area contributed by atoms with Gasteiger partial charge in [-0.1, -0.05) is 18.2 Å². The number of para-hydroxylation sites is 1. The lowest BCUT2D eigenvalue weighted by atomic mass is 10.2. The van der Waals surface area contributed by atoms with E-state index in [1.54, 1.807) is 12.1 Å². The number of amides is 2. The van der Waals surface area contributed by atoms with Gasteiger partial charge in [-0.2, -0.15) is 5.10 Å². The first-order valence-electron chi connectivity index (χ1n) is 11.2. The molecule has 0 unspecified atom stereocenters. The number of aryl methyl sites for hydroxylation is 2. The van der Waals surface area contributed by atoms with Gasteiger partial charge in [0.25, 0.3) is 5.91 Å². The van der Waals surface area contributed by atoms with Crippen LogP contribution in [0.4, 0.5) is 5.69 Å². The highest BCUT2D eigenvalue weighted by atomic mass is 16.2. The summed E-state index contributed by atoms with van der Waals surface area (Å²) in [4.78, 5) is 29.2. The molecule has 8 heteroatoms. The minimum Gasteiger partial charge on any atom is -0.369 e. The zero-order valence-corrected chi connectivity index (χ0v) is 19.1. The van der Waals surface area contributed by atoms with E-state index in [9.17, 15) is 9.59 Å². The van der Waals surface area contributed by atoms with Gasteiger partial charge in [0.1, 0.15) is 0 Å². The van der Waals surface area contributed by atoms with Crippen molar-refractivity contribution >= 4 is 17.5 Å². The molecule has 2 aromatic carbocycles. The van der Waals surface area contributed by atoms with Crippen LogP contribution in [0.3, 0.4) is 0 Å². The molecule has 1 saturated heterocycles. The summed E-state index contributed by atoms with van der Waals surface area (Å²) in [5, 5.41) is 4.45. The van der Waals surface area contributed by atoms with Crippen LogP contribution < -0.4 is 15.8 Å². The molecule has 1 fully saturated rings. The quantitative estimate of drug-likeness (QED) is 0.569. The van der Waals surface area contributed by atoms with Crippen molar-refractivity contribution in [3.8, 4) is 5.69 Å². The summed E-state index contributed by atoms with van der Waals surface area (Å²) < 4.78 is 1.83. The van der Waals surface area contributed by atoms with Crippen molar-refractivity contribution in [2.75, 3.05) is 37.6 Å². The Bertz CT molecular complexity index is 1090. The number of hydrazine groups is 1. The van der Waals surface area contributed by atoms with E-state index in [-0.39, 0.29) is 11.8 Å². The Labute approximate surface area is 194 Å². The Balaban J connectivity index is 1.18. The smallest absolute Gasteiger partial charge is 0.269 e. The van der Waals surface area contributed by atoms with Crippen LogP contribution in [0.2, 0.25) is 0 Å². The van der Waals surface area contributed by atoms with Gasteiger partial charge in [-0.25, -0.2) is 4.68 Å². The van der Waals surface area contributed by atoms with E-state index in [4.69, 9.17) is 0 Å². The number of nitrogens with zero attached hydrogens (tertiary/aromatic N) is 4. The number of carbonyl (C=O) groups is 2. The van der Waals surface area contributed by atoms with Gasteiger partial charge in [-0.3, -0.25) is 25.3 Å². The second-order valence-corrected chi connectivity index (χ2v) is 8.30. The Morgan fingerprint density at radius 1 is 0.879 bits per heavy atom. The number of hydrogen-bond acceptors (Lipinski definition) is 5. The molecule has 2 N–H and O–H groups in total. The number of rotatable bonds is 6. The van der Waals surface area contributed by atoms with Crippen molar-refractivity contribution in [2.24, 2.45) is 0 Å². The predicted octanol–water partition coefficient (Wildman–Crippen LogP) is 2.46. The number of benzene rings is 2. The van der Waals surface area contributed by atoms with Gasteiger partial charge in [-0.15, -0.1) is 0 Å². The van der Waals surface area contributed by atoms with E-state index < -0.39 is 0 Å². The highest BCUT2D eigenvalue weighted by Crippen LogP contribution is 2.16. The summed E-state index contributed by atoms with van der Waals surface area (Å²) >= 11 is 0. The van der Waals surface area contributed by atoms with Crippen LogP contribution in [0.5, 0.6) is 0 Å². The van der Waals surface area contributed by atoms with Crippen LogP contribution in [-0.2, 0) is 4.79 Å². The van der Waals surface area contributed by atoms with E-state index in [1.807, 2.05) is 42.8 Å². The molecular weight excluding hydrogens is 416 g/mol. The molecular formula is C25H30N6O2. The third-order valence-electron chi connectivity index (χ3n) is 5.85. The fourth-order valence-electron chi connectivity index (χ4n) is 4.03. The fraction of sp³-hybridized carbons (Fsp3) is 0.320. The lowest BCUT2D eigenvalue weighted by Gasteiger charge is -2.36. The molecule has 1 aromatic heterocycles. The lowest BCUT2D eigenvalue weighted by molar-refractivity contribution is -0.122. The summed E-state index contributed by atoms with van der Waals surface area (Å²) in [6.07, 6.45) is 0.336. The maximum absolute atomic E-state index is 12.4. The Hall–Kier alpha value is -3.65. The van der Waals surface area contributed by atoms with Crippen molar-refractivity contribution in [3.05, 3.63) is 77.6 Å². The Kier molecular flexibility index (Phi) is 7.04. The third-order valence-corrected chi connectivity index (χ3v) is 5.85. The fourth-order valence-corrected chi connectivity index (χ4v) is 4.03. The molecule has 4 rings (SSSR count). The summed E-state index contributed by atoms with van der Waals surface area (Å²) in [6, 6.07) is 19.5. The van der Waals surface area contributed by atoms with E-state index in [1.165, 1.54) is 5.69 Å². The van der Waals surface area contributed by atoms with Crippen LogP contribution in [0.15, 0.2) is 60.7 Å². The van der Waals surface area contributed by atoms with Crippen LogP contribution in [-0.4, -0.2) is 59.2 Å². The highest BCUT2D eigenvalue weighted by Gasteiger charge is 2.18. The molecule has 2 amide bonds. The van der Waals surface area contributed by atoms with Crippen molar-refractivity contribution in [3.63, 3.8) is 0 Å². The topological polar surface area (TPSA) is 82.5 Å². The molecule has 0 saturated carbocycles. The first-order valence-corrected chi connectivity index (χ1v) is 11.2. The molecule has 1 aliphatic heterocycles. The zero-order valence-electron chi connectivity index (χ0n) is 19.1. The SMILES string of the molecule is Cc1cc(C)n(-c2ccc(C(=O)NNC(=O)CCN3CCN(c4ccccc4)CC3)cc2)n1. The van der Waals surface area contributed by atoms with E-state index in [2.05, 4.69) is 50.0 Å². The van der Waals surface area contributed by atoms with Gasteiger partial charge in [0.05, 0.1) is 11.4 Å². The molecule has 3 aromatic rings. The highest BCUT2D eigenvalue weighted by molar-refractivity contribution is 5.95. The second-order valence-electron chi connectivity index (χ2n) is 8.30. The van der Waals surface area contributed by atoms with Crippen LogP contribution in [0.25, 0.3) is 5.69 Å². The van der Waals surface area contributed by atoms with Gasteiger partial charge in [0.2, 0.25) is 5.91 Å². The Morgan fingerprint density at radius 3 is 2.21 bits per heavy atom. The normalized spacial score (nSPS) is 14.2. The average molecular weight is 447 g/mol. The number of hydrogen-bond donors (Lipinski definition) is 2. The van der Waals surface area contributed by atoms with Crippen LogP contribution >= 0.6 is 0 Å². The molecule has 1 aliphatic rings. The van der Waals surface area contributed by atoms with Gasteiger partial charge in [-0.05, 0) is 56.3 Å². The molecule has 33 heavy (non-hydrogen) atoms. The van der Waals surface area contributed by atoms with Crippen LogP contribution in [0.1, 0.15) is 28.2 Å². The van der Waals surface area contributed by atoms with Gasteiger partial charge in [0.15, 0.2) is 0 Å². The molecule has 172 valence electrons. The van der Waals surface area contributed by atoms with Crippen molar-refractivity contribution in [2.45, 2.75) is 20.3 Å². The van der Waals surface area contributed by atoms with Crippen LogP contribution in [0, 0.1) is 13.8 Å². The van der Waals surface area contributed by atoms with E-state index in [0.29, 0.717) is 18.5 Å². The van der Waals surface area contributed by atoms with Gasteiger partial charge >= 0.3 is 0 Å². The van der Waals surface area contributed by atoms with Crippen molar-refractivity contribution < 1.29 is 9.59 Å². The minimum absolute atomic E-state index is 0.201. The molecule has 0 radical (unpaired) electrons. The van der Waals surface area contributed by atoms with Crippen molar-refractivity contribution in [1.82, 2.24) is 25.5 Å². The Morgan fingerprint density at radius 2 is 1.58 bits per heavy atom. The number of carbonyl (C=O) groups excluding carboxylic acids is 2. The number of anilines is 1. The number of aromatic nitrogens is 2. The summed E-state index contributed by atoms with van der Waals surface area (Å²) in [7, 11) is 0. The predicted molar refractivity (Wildman–Crippen MR) is 128 cm³/mol. The molecule has 2 heterocycles. The average Bonchev–Trinajstić information content (AvgIpc) is 3.20. The molecule has 0 spiro atoms. The zero-order chi connectivity index (χ0) is 23.2. The van der Waals surface area contributed by atoms with Crippen molar-refractivity contribution in [1.29, 1.82) is 0 Å². The maximum atomic E-state index is 12.4. The standard InChI is InChI=1S/C25H30N6O2/c1-19-18-20(2)31(28-19)23-10-8-21(9-11-23)25(33)27-26-24(32)12-13-29-14-16-30(17-15-29)22-6-4-3-5-7-22/h3-11,18H,12-17H2,1-2H3,(H,26,32)(H,27,33). The van der Waals surface area contributed by atoms with Gasteiger partial charge in [0, 0.05) is 56.1 Å². The number of piperazine rings is 1. The summed E-state index contributed by atoms with van der Waals surface area (Å²) in [5.74, 6) is -0.548. The lowest BCUT2D eigenvalue weighted by Crippen LogP contribution is -2.48. The first kappa shape index (κ1) is 22.5. The summed E-state index contributed by atoms with van der Waals surface area (Å²) in [5.41, 5.74) is 9.58. The number of nitrogens with one attached hydrogen (secondary N) is 2. The summed E-state index contributed by atoms with van der Waals surface area (Å²) in [6.45, 7) is 8.30. The molecule has 0 atom stereocenters. The first-order chi connectivity index (χ1) is 16.0. The minimum atomic E-state index is -0.347. The monoisotopic (exact) mass is 446 g/mol.